The molecule has 1 fully saturated rings. The van der Waals surface area contributed by atoms with Gasteiger partial charge in [-0.1, -0.05) is 32.3 Å². The van der Waals surface area contributed by atoms with Crippen molar-refractivity contribution >= 4 is 11.8 Å². The van der Waals surface area contributed by atoms with Crippen LogP contribution in [-0.4, -0.2) is 24.1 Å². The molecule has 1 aliphatic carbocycles. The number of nitrogens with one attached hydrogen (secondary N) is 1. The van der Waals surface area contributed by atoms with E-state index < -0.39 is 0 Å². The molecule has 0 amide bonds. The minimum absolute atomic E-state index is 0.799. The average Bonchev–Trinajstić information content (AvgIpc) is 2.29. The molecule has 1 saturated carbocycles. The Kier molecular flexibility index (Phi) is 7.20. The van der Waals surface area contributed by atoms with Crippen molar-refractivity contribution in [1.82, 2.24) is 5.32 Å². The smallest absolute Gasteiger partial charge is 0.0111 e. The van der Waals surface area contributed by atoms with E-state index in [9.17, 15) is 0 Å². The largest absolute Gasteiger partial charge is 0.313 e. The van der Waals surface area contributed by atoms with E-state index in [1.807, 2.05) is 17.8 Å². The molecule has 0 saturated heterocycles. The standard InChI is InChI=1S/C13H25NS/c1-3-10-15-11-9-14-13-8-6-5-7-12(13)4-2/h3,12-14H,1,4-11H2,2H3. The third kappa shape index (κ3) is 5.07. The molecule has 0 aromatic carbocycles. The number of thioether (sulfide) groups is 1. The van der Waals surface area contributed by atoms with Crippen LogP contribution in [0.15, 0.2) is 12.7 Å². The lowest BCUT2D eigenvalue weighted by molar-refractivity contribution is 0.260. The molecule has 2 heteroatoms. The first-order valence-electron chi connectivity index (χ1n) is 6.30. The summed E-state index contributed by atoms with van der Waals surface area (Å²) in [5.41, 5.74) is 0. The van der Waals surface area contributed by atoms with Crippen molar-refractivity contribution in [2.75, 3.05) is 18.1 Å². The summed E-state index contributed by atoms with van der Waals surface area (Å²) in [6.45, 7) is 7.23. The van der Waals surface area contributed by atoms with Gasteiger partial charge in [0.2, 0.25) is 0 Å². The molecule has 0 bridgehead atoms. The SMILES string of the molecule is C=CCSCCNC1CCCCC1CC. The van der Waals surface area contributed by atoms with Gasteiger partial charge < -0.3 is 5.32 Å². The first kappa shape index (κ1) is 13.1. The second-order valence-electron chi connectivity index (χ2n) is 4.38. The lowest BCUT2D eigenvalue weighted by atomic mass is 9.83. The molecule has 0 aliphatic heterocycles. The second-order valence-corrected chi connectivity index (χ2v) is 5.53. The molecule has 2 unspecified atom stereocenters. The van der Waals surface area contributed by atoms with Crippen LogP contribution in [0, 0.1) is 5.92 Å². The fourth-order valence-electron chi connectivity index (χ4n) is 2.45. The van der Waals surface area contributed by atoms with Gasteiger partial charge in [0, 0.05) is 24.1 Å². The highest BCUT2D eigenvalue weighted by molar-refractivity contribution is 7.99. The zero-order chi connectivity index (χ0) is 10.9. The van der Waals surface area contributed by atoms with Gasteiger partial charge in [0.05, 0.1) is 0 Å². The highest BCUT2D eigenvalue weighted by atomic mass is 32.2. The maximum Gasteiger partial charge on any atom is 0.0111 e. The van der Waals surface area contributed by atoms with E-state index in [-0.39, 0.29) is 0 Å². The predicted octanol–water partition coefficient (Wildman–Crippen LogP) is 3.46. The van der Waals surface area contributed by atoms with Crippen molar-refractivity contribution < 1.29 is 0 Å². The first-order valence-corrected chi connectivity index (χ1v) is 7.46. The van der Waals surface area contributed by atoms with Gasteiger partial charge in [-0.3, -0.25) is 0 Å². The van der Waals surface area contributed by atoms with Crippen LogP contribution in [0.5, 0.6) is 0 Å². The molecule has 15 heavy (non-hydrogen) atoms. The van der Waals surface area contributed by atoms with E-state index in [1.165, 1.54) is 44.4 Å². The topological polar surface area (TPSA) is 12.0 Å². The van der Waals surface area contributed by atoms with E-state index in [4.69, 9.17) is 0 Å². The van der Waals surface area contributed by atoms with Crippen LogP contribution < -0.4 is 5.32 Å². The summed E-state index contributed by atoms with van der Waals surface area (Å²) in [4.78, 5) is 0. The Labute approximate surface area is 99.1 Å². The minimum atomic E-state index is 0.799. The molecular formula is C13H25NS. The van der Waals surface area contributed by atoms with E-state index in [1.54, 1.807) is 0 Å². The fourth-order valence-corrected chi connectivity index (χ4v) is 3.04. The van der Waals surface area contributed by atoms with Crippen LogP contribution in [0.1, 0.15) is 39.0 Å². The molecule has 0 spiro atoms. The van der Waals surface area contributed by atoms with E-state index >= 15 is 0 Å². The van der Waals surface area contributed by atoms with Crippen molar-refractivity contribution in [3.05, 3.63) is 12.7 Å². The lowest BCUT2D eigenvalue weighted by Gasteiger charge is -2.31. The molecule has 0 aromatic rings. The Morgan fingerprint density at radius 3 is 2.93 bits per heavy atom. The monoisotopic (exact) mass is 227 g/mol. The number of hydrogen-bond acceptors (Lipinski definition) is 2. The highest BCUT2D eigenvalue weighted by Gasteiger charge is 2.22. The molecule has 1 rings (SSSR count). The van der Waals surface area contributed by atoms with Gasteiger partial charge in [0.1, 0.15) is 0 Å². The fraction of sp³-hybridized carbons (Fsp3) is 0.846. The Bertz CT molecular complexity index is 170. The van der Waals surface area contributed by atoms with Gasteiger partial charge in [-0.15, -0.1) is 6.58 Å². The molecule has 0 radical (unpaired) electrons. The molecule has 0 heterocycles. The zero-order valence-corrected chi connectivity index (χ0v) is 10.8. The van der Waals surface area contributed by atoms with E-state index in [2.05, 4.69) is 18.8 Å². The summed E-state index contributed by atoms with van der Waals surface area (Å²) in [7, 11) is 0. The third-order valence-corrected chi connectivity index (χ3v) is 4.29. The first-order chi connectivity index (χ1) is 7.38. The Hall–Kier alpha value is 0.0500. The number of hydrogen-bond donors (Lipinski definition) is 1. The van der Waals surface area contributed by atoms with Crippen molar-refractivity contribution in [2.24, 2.45) is 5.92 Å². The second kappa shape index (κ2) is 8.23. The van der Waals surface area contributed by atoms with Crippen LogP contribution in [0.4, 0.5) is 0 Å². The molecule has 2 atom stereocenters. The van der Waals surface area contributed by atoms with Crippen LogP contribution in [-0.2, 0) is 0 Å². The molecule has 1 nitrogen and oxygen atoms in total. The van der Waals surface area contributed by atoms with Gasteiger partial charge >= 0.3 is 0 Å². The summed E-state index contributed by atoms with van der Waals surface area (Å²) in [6.07, 6.45) is 9.03. The Balaban J connectivity index is 2.09. The molecule has 88 valence electrons. The van der Waals surface area contributed by atoms with Gasteiger partial charge in [-0.2, -0.15) is 11.8 Å². The molecule has 1 N–H and O–H groups in total. The minimum Gasteiger partial charge on any atom is -0.313 e. The Morgan fingerprint density at radius 2 is 2.20 bits per heavy atom. The summed E-state index contributed by atoms with van der Waals surface area (Å²) < 4.78 is 0. The van der Waals surface area contributed by atoms with Crippen molar-refractivity contribution in [2.45, 2.75) is 45.1 Å². The third-order valence-electron chi connectivity index (χ3n) is 3.32. The highest BCUT2D eigenvalue weighted by Crippen LogP contribution is 2.26. The summed E-state index contributed by atoms with van der Waals surface area (Å²) in [5.74, 6) is 3.24. The lowest BCUT2D eigenvalue weighted by Crippen LogP contribution is -2.39. The Morgan fingerprint density at radius 1 is 1.40 bits per heavy atom. The van der Waals surface area contributed by atoms with Crippen molar-refractivity contribution in [1.29, 1.82) is 0 Å². The van der Waals surface area contributed by atoms with Crippen LogP contribution in [0.2, 0.25) is 0 Å². The molecule has 1 aliphatic rings. The quantitative estimate of drug-likeness (QED) is 0.528. The van der Waals surface area contributed by atoms with Crippen LogP contribution in [0.3, 0.4) is 0 Å². The van der Waals surface area contributed by atoms with Gasteiger partial charge in [0.25, 0.3) is 0 Å². The average molecular weight is 227 g/mol. The maximum atomic E-state index is 3.73. The van der Waals surface area contributed by atoms with E-state index in [0.29, 0.717) is 0 Å². The number of rotatable bonds is 7. The molecular weight excluding hydrogens is 202 g/mol. The summed E-state index contributed by atoms with van der Waals surface area (Å²) in [5, 5.41) is 3.73. The molecule has 0 aromatic heterocycles. The van der Waals surface area contributed by atoms with Gasteiger partial charge in [0.15, 0.2) is 0 Å². The normalized spacial score (nSPS) is 26.5. The van der Waals surface area contributed by atoms with Crippen LogP contribution >= 0.6 is 11.8 Å². The maximum absolute atomic E-state index is 3.73. The van der Waals surface area contributed by atoms with Crippen molar-refractivity contribution in [3.63, 3.8) is 0 Å². The van der Waals surface area contributed by atoms with Crippen molar-refractivity contribution in [3.8, 4) is 0 Å². The zero-order valence-electron chi connectivity index (χ0n) is 10.0. The van der Waals surface area contributed by atoms with Gasteiger partial charge in [-0.05, 0) is 18.8 Å². The predicted molar refractivity (Wildman–Crippen MR) is 71.6 cm³/mol. The van der Waals surface area contributed by atoms with E-state index in [0.717, 1.165) is 17.7 Å². The van der Waals surface area contributed by atoms with Gasteiger partial charge in [-0.25, -0.2) is 0 Å². The summed E-state index contributed by atoms with van der Waals surface area (Å²) in [6, 6.07) is 0.799. The van der Waals surface area contributed by atoms with Crippen LogP contribution in [0.25, 0.3) is 0 Å². The summed E-state index contributed by atoms with van der Waals surface area (Å²) >= 11 is 1.97.